The molecular weight excluding hydrogens is 316 g/mol. The summed E-state index contributed by atoms with van der Waals surface area (Å²) in [6.07, 6.45) is 1.89. The molecular formula is C16H23ClN4O2. The highest BCUT2D eigenvalue weighted by molar-refractivity contribution is 5.85. The lowest BCUT2D eigenvalue weighted by Gasteiger charge is -2.30. The van der Waals surface area contributed by atoms with E-state index in [-0.39, 0.29) is 36.6 Å². The number of fused-ring (bicyclic) bond motifs is 1. The first-order valence-electron chi connectivity index (χ1n) is 7.83. The lowest BCUT2D eigenvalue weighted by atomic mass is 10.1. The molecule has 1 aliphatic heterocycles. The number of likely N-dealkylation sites (tertiary alicyclic amines) is 1. The zero-order valence-electron chi connectivity index (χ0n) is 13.3. The Morgan fingerprint density at radius 1 is 1.26 bits per heavy atom. The van der Waals surface area contributed by atoms with Gasteiger partial charge in [-0.3, -0.25) is 13.9 Å². The number of carbonyl (C=O) groups excluding carboxylic acids is 1. The van der Waals surface area contributed by atoms with Crippen molar-refractivity contribution in [1.29, 1.82) is 0 Å². The van der Waals surface area contributed by atoms with Crippen LogP contribution in [0, 0.1) is 0 Å². The molecule has 2 heterocycles. The van der Waals surface area contributed by atoms with Crippen LogP contribution in [0.1, 0.15) is 19.8 Å². The highest BCUT2D eigenvalue weighted by Gasteiger charge is 2.23. The smallest absolute Gasteiger partial charge is 0.329 e. The van der Waals surface area contributed by atoms with Gasteiger partial charge in [0.05, 0.1) is 11.0 Å². The predicted molar refractivity (Wildman–Crippen MR) is 92.9 cm³/mol. The third-order valence-electron chi connectivity index (χ3n) is 4.35. The van der Waals surface area contributed by atoms with Gasteiger partial charge in [0.15, 0.2) is 0 Å². The highest BCUT2D eigenvalue weighted by atomic mass is 35.5. The van der Waals surface area contributed by atoms with E-state index in [1.807, 2.05) is 31.2 Å². The van der Waals surface area contributed by atoms with Crippen molar-refractivity contribution in [2.75, 3.05) is 13.1 Å². The Bertz CT molecular complexity index is 752. The van der Waals surface area contributed by atoms with Gasteiger partial charge in [-0.2, -0.15) is 0 Å². The zero-order valence-corrected chi connectivity index (χ0v) is 14.1. The Balaban J connectivity index is 0.00000192. The van der Waals surface area contributed by atoms with Crippen molar-refractivity contribution in [3.05, 3.63) is 34.7 Å². The normalized spacial score (nSPS) is 18.0. The van der Waals surface area contributed by atoms with Crippen LogP contribution in [-0.4, -0.2) is 39.1 Å². The Kier molecular flexibility index (Phi) is 5.49. The number of halogens is 1. The average molecular weight is 339 g/mol. The van der Waals surface area contributed by atoms with E-state index in [0.717, 1.165) is 30.4 Å². The Morgan fingerprint density at radius 3 is 2.52 bits per heavy atom. The molecule has 7 heteroatoms. The van der Waals surface area contributed by atoms with Crippen LogP contribution in [0.25, 0.3) is 11.0 Å². The van der Waals surface area contributed by atoms with Gasteiger partial charge in [-0.05, 0) is 31.9 Å². The number of piperidine rings is 1. The largest absolute Gasteiger partial charge is 0.340 e. The Morgan fingerprint density at radius 2 is 1.91 bits per heavy atom. The van der Waals surface area contributed by atoms with Gasteiger partial charge in [-0.1, -0.05) is 12.1 Å². The second-order valence-electron chi connectivity index (χ2n) is 5.84. The number of nitrogens with zero attached hydrogens (tertiary/aromatic N) is 3. The molecule has 1 aromatic heterocycles. The van der Waals surface area contributed by atoms with Crippen LogP contribution < -0.4 is 11.4 Å². The van der Waals surface area contributed by atoms with Crippen molar-refractivity contribution in [1.82, 2.24) is 14.0 Å². The molecule has 0 spiro atoms. The molecule has 2 N–H and O–H groups in total. The van der Waals surface area contributed by atoms with Crippen molar-refractivity contribution in [2.24, 2.45) is 5.73 Å². The minimum absolute atomic E-state index is 0. The van der Waals surface area contributed by atoms with Crippen molar-refractivity contribution >= 4 is 29.3 Å². The van der Waals surface area contributed by atoms with E-state index in [9.17, 15) is 9.59 Å². The summed E-state index contributed by atoms with van der Waals surface area (Å²) < 4.78 is 3.27. The maximum atomic E-state index is 12.5. The van der Waals surface area contributed by atoms with Crippen LogP contribution in [-0.2, 0) is 17.9 Å². The molecule has 1 fully saturated rings. The fourth-order valence-corrected chi connectivity index (χ4v) is 3.20. The van der Waals surface area contributed by atoms with Crippen LogP contribution in [0.4, 0.5) is 0 Å². The summed E-state index contributed by atoms with van der Waals surface area (Å²) in [4.78, 5) is 26.8. The number of imidazole rings is 1. The molecule has 126 valence electrons. The van der Waals surface area contributed by atoms with Crippen LogP contribution in [0.3, 0.4) is 0 Å². The minimum Gasteiger partial charge on any atom is -0.340 e. The molecule has 0 saturated carbocycles. The summed E-state index contributed by atoms with van der Waals surface area (Å²) >= 11 is 0. The van der Waals surface area contributed by atoms with Gasteiger partial charge in [-0.25, -0.2) is 4.79 Å². The Labute approximate surface area is 141 Å². The molecule has 0 aliphatic carbocycles. The number of carbonyl (C=O) groups is 1. The van der Waals surface area contributed by atoms with Crippen molar-refractivity contribution in [3.8, 4) is 0 Å². The second-order valence-corrected chi connectivity index (χ2v) is 5.84. The lowest BCUT2D eigenvalue weighted by molar-refractivity contribution is -0.133. The van der Waals surface area contributed by atoms with Gasteiger partial charge in [0.1, 0.15) is 6.54 Å². The Hall–Kier alpha value is -1.79. The van der Waals surface area contributed by atoms with Crippen LogP contribution in [0.2, 0.25) is 0 Å². The quantitative estimate of drug-likeness (QED) is 0.913. The molecule has 23 heavy (non-hydrogen) atoms. The van der Waals surface area contributed by atoms with Crippen LogP contribution in [0.5, 0.6) is 0 Å². The van der Waals surface area contributed by atoms with E-state index < -0.39 is 0 Å². The van der Waals surface area contributed by atoms with Crippen LogP contribution in [0.15, 0.2) is 29.1 Å². The molecule has 1 saturated heterocycles. The fraction of sp³-hybridized carbons (Fsp3) is 0.500. The molecule has 3 rings (SSSR count). The van der Waals surface area contributed by atoms with Gasteiger partial charge in [0.2, 0.25) is 5.91 Å². The molecule has 2 aromatic rings. The molecule has 1 amide bonds. The number of rotatable bonds is 3. The predicted octanol–water partition coefficient (Wildman–Crippen LogP) is 1.19. The number of hydrogen-bond acceptors (Lipinski definition) is 3. The summed E-state index contributed by atoms with van der Waals surface area (Å²) in [6, 6.07) is 7.64. The number of hydrogen-bond donors (Lipinski definition) is 1. The average Bonchev–Trinajstić information content (AvgIpc) is 2.79. The summed E-state index contributed by atoms with van der Waals surface area (Å²) in [7, 11) is 0. The number of nitrogens with two attached hydrogens (primary N) is 1. The topological polar surface area (TPSA) is 73.3 Å². The maximum Gasteiger partial charge on any atom is 0.329 e. The molecule has 0 radical (unpaired) electrons. The molecule has 1 aromatic carbocycles. The van der Waals surface area contributed by atoms with Gasteiger partial charge < -0.3 is 10.6 Å². The molecule has 1 aliphatic rings. The van der Waals surface area contributed by atoms with E-state index in [0.29, 0.717) is 13.1 Å². The SMILES string of the molecule is CCn1c(=O)n(CC(=O)N2CCCC(N)C2)c2ccccc21.Cl. The van der Waals surface area contributed by atoms with Crippen molar-refractivity contribution in [3.63, 3.8) is 0 Å². The summed E-state index contributed by atoms with van der Waals surface area (Å²) in [5, 5.41) is 0. The van der Waals surface area contributed by atoms with Gasteiger partial charge in [0, 0.05) is 25.7 Å². The number of aryl methyl sites for hydroxylation is 1. The monoisotopic (exact) mass is 338 g/mol. The maximum absolute atomic E-state index is 12.5. The number of aromatic nitrogens is 2. The second kappa shape index (κ2) is 7.19. The van der Waals surface area contributed by atoms with Gasteiger partial charge >= 0.3 is 5.69 Å². The molecule has 0 bridgehead atoms. The van der Waals surface area contributed by atoms with E-state index in [4.69, 9.17) is 5.73 Å². The third kappa shape index (κ3) is 3.28. The van der Waals surface area contributed by atoms with Gasteiger partial charge in [0.25, 0.3) is 0 Å². The molecule has 1 atom stereocenters. The van der Waals surface area contributed by atoms with E-state index in [2.05, 4.69) is 0 Å². The first kappa shape index (κ1) is 17.6. The summed E-state index contributed by atoms with van der Waals surface area (Å²) in [5.41, 5.74) is 7.49. The number of para-hydroxylation sites is 2. The highest BCUT2D eigenvalue weighted by Crippen LogP contribution is 2.14. The van der Waals surface area contributed by atoms with E-state index in [1.165, 1.54) is 0 Å². The van der Waals surface area contributed by atoms with E-state index in [1.54, 1.807) is 14.0 Å². The third-order valence-corrected chi connectivity index (χ3v) is 4.35. The first-order chi connectivity index (χ1) is 10.6. The number of benzene rings is 1. The fourth-order valence-electron chi connectivity index (χ4n) is 3.20. The minimum atomic E-state index is -0.127. The standard InChI is InChI=1S/C16H22N4O2.ClH/c1-2-19-13-7-3-4-8-14(13)20(16(19)22)11-15(21)18-9-5-6-12(17)10-18;/h3-4,7-8,12H,2,5-6,9-11,17H2,1H3;1H. The summed E-state index contributed by atoms with van der Waals surface area (Å²) in [6.45, 7) is 3.92. The van der Waals surface area contributed by atoms with Crippen molar-refractivity contribution in [2.45, 2.75) is 38.9 Å². The van der Waals surface area contributed by atoms with E-state index >= 15 is 0 Å². The molecule has 6 nitrogen and oxygen atoms in total. The van der Waals surface area contributed by atoms with Crippen molar-refractivity contribution < 1.29 is 4.79 Å². The lowest BCUT2D eigenvalue weighted by Crippen LogP contribution is -2.47. The zero-order chi connectivity index (χ0) is 15.7. The van der Waals surface area contributed by atoms with Gasteiger partial charge in [-0.15, -0.1) is 12.4 Å². The molecule has 1 unspecified atom stereocenters. The number of amides is 1. The first-order valence-corrected chi connectivity index (χ1v) is 7.83. The summed E-state index contributed by atoms with van der Waals surface area (Å²) in [5.74, 6) is -0.0312. The van der Waals surface area contributed by atoms with Crippen LogP contribution >= 0.6 is 12.4 Å².